The topological polar surface area (TPSA) is 137 Å². The van der Waals surface area contributed by atoms with Gasteiger partial charge in [-0.2, -0.15) is 0 Å². The second-order valence-corrected chi connectivity index (χ2v) is 8.47. The number of carbonyl (C=O) groups is 2. The molecule has 0 aliphatic carbocycles. The van der Waals surface area contributed by atoms with Crippen molar-refractivity contribution in [3.8, 4) is 5.75 Å². The van der Waals surface area contributed by atoms with Crippen LogP contribution in [0.3, 0.4) is 0 Å². The number of hydrogen-bond donors (Lipinski definition) is 0. The van der Waals surface area contributed by atoms with E-state index in [1.54, 1.807) is 4.90 Å². The Morgan fingerprint density at radius 2 is 1.97 bits per heavy atom. The summed E-state index contributed by atoms with van der Waals surface area (Å²) in [5.41, 5.74) is 0.205. The molecule has 2 aliphatic rings. The van der Waals surface area contributed by atoms with Gasteiger partial charge in [0.25, 0.3) is 5.91 Å². The van der Waals surface area contributed by atoms with Crippen molar-refractivity contribution < 1.29 is 19.2 Å². The summed E-state index contributed by atoms with van der Waals surface area (Å²) < 4.78 is 6.54. The summed E-state index contributed by atoms with van der Waals surface area (Å²) in [4.78, 5) is 39.6. The third-order valence-corrected chi connectivity index (χ3v) is 6.83. The lowest BCUT2D eigenvalue weighted by Crippen LogP contribution is -2.45. The van der Waals surface area contributed by atoms with Crippen molar-refractivity contribution in [2.45, 2.75) is 25.8 Å². The number of hydrogen-bond acceptors (Lipinski definition) is 9. The van der Waals surface area contributed by atoms with Crippen molar-refractivity contribution >= 4 is 28.2 Å². The Bertz CT molecular complexity index is 952. The third-order valence-electron chi connectivity index (χ3n) is 5.92. The maximum absolute atomic E-state index is 13.0. The minimum atomic E-state index is -0.534. The van der Waals surface area contributed by atoms with Crippen LogP contribution in [0.1, 0.15) is 29.6 Å². The van der Waals surface area contributed by atoms with Gasteiger partial charge in [0.2, 0.25) is 11.7 Å². The van der Waals surface area contributed by atoms with Gasteiger partial charge in [0, 0.05) is 31.6 Å². The summed E-state index contributed by atoms with van der Waals surface area (Å²) in [6, 6.07) is 0. The number of amides is 2. The molecule has 2 saturated heterocycles. The van der Waals surface area contributed by atoms with Crippen LogP contribution in [0.15, 0.2) is 11.7 Å². The van der Waals surface area contributed by atoms with Gasteiger partial charge in [0.05, 0.1) is 17.6 Å². The van der Waals surface area contributed by atoms with Crippen molar-refractivity contribution in [2.75, 3.05) is 33.3 Å². The second kappa shape index (κ2) is 7.97. The molecule has 1 spiro atoms. The molecule has 0 radical (unpaired) electrons. The highest BCUT2D eigenvalue weighted by Gasteiger charge is 2.43. The van der Waals surface area contributed by atoms with Crippen LogP contribution in [0.5, 0.6) is 5.75 Å². The Kier molecular flexibility index (Phi) is 5.37. The number of thiophene rings is 1. The summed E-state index contributed by atoms with van der Waals surface area (Å²) in [6.45, 7) is 2.52. The van der Waals surface area contributed by atoms with Gasteiger partial charge < -0.3 is 14.5 Å². The SMILES string of the molecule is COc1c(C(=O)N2CCC3(CCN(C(=O)Cn4cnnn4)CC3)C2)csc1[N+](=O)[O-]. The number of carbonyl (C=O) groups excluding carboxylic acids is 2. The first kappa shape index (κ1) is 20.2. The molecule has 12 nitrogen and oxygen atoms in total. The van der Waals surface area contributed by atoms with Crippen molar-refractivity contribution in [1.82, 2.24) is 30.0 Å². The van der Waals surface area contributed by atoms with Gasteiger partial charge in [-0.1, -0.05) is 11.3 Å². The highest BCUT2D eigenvalue weighted by molar-refractivity contribution is 7.14. The molecule has 2 aliphatic heterocycles. The first-order chi connectivity index (χ1) is 14.4. The van der Waals surface area contributed by atoms with Crippen molar-refractivity contribution in [3.63, 3.8) is 0 Å². The molecule has 0 bridgehead atoms. The van der Waals surface area contributed by atoms with Gasteiger partial charge in [-0.05, 0) is 35.1 Å². The number of likely N-dealkylation sites (tertiary alicyclic amines) is 2. The number of rotatable bonds is 5. The number of nitro groups is 1. The number of ether oxygens (including phenoxy) is 1. The zero-order valence-electron chi connectivity index (χ0n) is 16.4. The molecule has 0 aromatic carbocycles. The predicted octanol–water partition coefficient (Wildman–Crippen LogP) is 0.806. The lowest BCUT2D eigenvalue weighted by Gasteiger charge is -2.39. The summed E-state index contributed by atoms with van der Waals surface area (Å²) in [5, 5.41) is 23.2. The summed E-state index contributed by atoms with van der Waals surface area (Å²) in [6.07, 6.45) is 3.87. The van der Waals surface area contributed by atoms with E-state index in [0.29, 0.717) is 26.2 Å². The van der Waals surface area contributed by atoms with Crippen LogP contribution in [0, 0.1) is 15.5 Å². The molecule has 0 N–H and O–H groups in total. The largest absolute Gasteiger partial charge is 0.489 e. The molecule has 0 atom stereocenters. The summed E-state index contributed by atoms with van der Waals surface area (Å²) in [5.74, 6) is -0.248. The highest BCUT2D eigenvalue weighted by atomic mass is 32.1. The van der Waals surface area contributed by atoms with E-state index in [1.807, 2.05) is 4.90 Å². The van der Waals surface area contributed by atoms with Crippen LogP contribution in [0.4, 0.5) is 5.00 Å². The molecule has 0 saturated carbocycles. The van der Waals surface area contributed by atoms with Crippen LogP contribution >= 0.6 is 11.3 Å². The average Bonchev–Trinajstić information content (AvgIpc) is 3.47. The average molecular weight is 435 g/mol. The quantitative estimate of drug-likeness (QED) is 0.497. The first-order valence-corrected chi connectivity index (χ1v) is 10.4. The van der Waals surface area contributed by atoms with Gasteiger partial charge in [0.15, 0.2) is 0 Å². The maximum Gasteiger partial charge on any atom is 0.366 e. The standard InChI is InChI=1S/C17H21N7O5S/c1-29-14-12(9-30-16(14)24(27)28)15(26)22-7-4-17(10-22)2-5-21(6-3-17)13(25)8-23-11-18-19-20-23/h9,11H,2-8,10H2,1H3. The number of tetrazole rings is 1. The van der Waals surface area contributed by atoms with E-state index in [2.05, 4.69) is 15.5 Å². The molecule has 2 aromatic rings. The van der Waals surface area contributed by atoms with Crippen LogP contribution < -0.4 is 4.74 Å². The molecule has 2 aromatic heterocycles. The number of aromatic nitrogens is 4. The van der Waals surface area contributed by atoms with Crippen LogP contribution in [-0.4, -0.2) is 80.0 Å². The molecular formula is C17H21N7O5S. The van der Waals surface area contributed by atoms with Gasteiger partial charge in [-0.25, -0.2) is 4.68 Å². The molecule has 4 rings (SSSR count). The van der Waals surface area contributed by atoms with Gasteiger partial charge in [0.1, 0.15) is 12.9 Å². The molecule has 13 heteroatoms. The van der Waals surface area contributed by atoms with Gasteiger partial charge in [-0.3, -0.25) is 19.7 Å². The van der Waals surface area contributed by atoms with Crippen LogP contribution in [0.25, 0.3) is 0 Å². The van der Waals surface area contributed by atoms with Crippen LogP contribution in [-0.2, 0) is 11.3 Å². The molecule has 160 valence electrons. The smallest absolute Gasteiger partial charge is 0.366 e. The molecular weight excluding hydrogens is 414 g/mol. The van der Waals surface area contributed by atoms with E-state index >= 15 is 0 Å². The Morgan fingerprint density at radius 3 is 2.57 bits per heavy atom. The third kappa shape index (κ3) is 3.72. The lowest BCUT2D eigenvalue weighted by atomic mass is 9.78. The molecule has 0 unspecified atom stereocenters. The van der Waals surface area contributed by atoms with Crippen molar-refractivity contribution in [2.24, 2.45) is 5.41 Å². The minimum Gasteiger partial charge on any atom is -0.489 e. The molecule has 4 heterocycles. The first-order valence-electron chi connectivity index (χ1n) is 9.50. The van der Waals surface area contributed by atoms with Gasteiger partial charge in [-0.15, -0.1) is 5.10 Å². The summed E-state index contributed by atoms with van der Waals surface area (Å²) in [7, 11) is 1.33. The van der Waals surface area contributed by atoms with Crippen LogP contribution in [0.2, 0.25) is 0 Å². The Hall–Kier alpha value is -3.09. The van der Waals surface area contributed by atoms with E-state index in [-0.39, 0.29) is 40.1 Å². The van der Waals surface area contributed by atoms with E-state index in [0.717, 1.165) is 30.6 Å². The zero-order chi connectivity index (χ0) is 21.3. The van der Waals surface area contributed by atoms with E-state index in [4.69, 9.17) is 4.74 Å². The Balaban J connectivity index is 1.37. The summed E-state index contributed by atoms with van der Waals surface area (Å²) >= 11 is 0.896. The highest BCUT2D eigenvalue weighted by Crippen LogP contribution is 2.43. The predicted molar refractivity (Wildman–Crippen MR) is 104 cm³/mol. The fourth-order valence-electron chi connectivity index (χ4n) is 4.22. The Labute approximate surface area is 175 Å². The van der Waals surface area contributed by atoms with E-state index < -0.39 is 4.92 Å². The fourth-order valence-corrected chi connectivity index (χ4v) is 5.04. The fraction of sp³-hybridized carbons (Fsp3) is 0.588. The van der Waals surface area contributed by atoms with E-state index in [1.165, 1.54) is 23.5 Å². The Morgan fingerprint density at radius 1 is 1.27 bits per heavy atom. The lowest BCUT2D eigenvalue weighted by molar-refractivity contribution is -0.381. The molecule has 30 heavy (non-hydrogen) atoms. The second-order valence-electron chi connectivity index (χ2n) is 7.61. The number of methoxy groups -OCH3 is 1. The number of piperidine rings is 1. The van der Waals surface area contributed by atoms with Gasteiger partial charge >= 0.3 is 5.00 Å². The molecule has 2 amide bonds. The normalized spacial score (nSPS) is 18.0. The zero-order valence-corrected chi connectivity index (χ0v) is 17.2. The maximum atomic E-state index is 13.0. The van der Waals surface area contributed by atoms with E-state index in [9.17, 15) is 19.7 Å². The van der Waals surface area contributed by atoms with Crippen molar-refractivity contribution in [1.29, 1.82) is 0 Å². The minimum absolute atomic E-state index is 0.0268. The van der Waals surface area contributed by atoms with Crippen molar-refractivity contribution in [3.05, 3.63) is 27.4 Å². The number of nitrogens with zero attached hydrogens (tertiary/aromatic N) is 7. The monoisotopic (exact) mass is 435 g/mol. The molecule has 2 fully saturated rings.